The van der Waals surface area contributed by atoms with Crippen LogP contribution in [0.15, 0.2) is 12.1 Å². The highest BCUT2D eigenvalue weighted by Gasteiger charge is 2.26. The van der Waals surface area contributed by atoms with Gasteiger partial charge in [0, 0.05) is 12.8 Å². The highest BCUT2D eigenvalue weighted by molar-refractivity contribution is 5.45. The molecule has 19 heavy (non-hydrogen) atoms. The molecule has 1 saturated heterocycles. The number of nitrogens with two attached hydrogens (primary N) is 1. The summed E-state index contributed by atoms with van der Waals surface area (Å²) in [5.41, 5.74) is 5.42. The van der Waals surface area contributed by atoms with Crippen LogP contribution >= 0.6 is 0 Å². The largest absolute Gasteiger partial charge is 0.474 e. The van der Waals surface area contributed by atoms with Crippen LogP contribution in [0.2, 0.25) is 0 Å². The van der Waals surface area contributed by atoms with Gasteiger partial charge in [-0.1, -0.05) is 0 Å². The van der Waals surface area contributed by atoms with Crippen LogP contribution in [0.5, 0.6) is 5.88 Å². The smallest absolute Gasteiger partial charge is 0.278 e. The summed E-state index contributed by atoms with van der Waals surface area (Å²) >= 11 is 0. The lowest BCUT2D eigenvalue weighted by atomic mass is 10.0. The molecule has 1 aliphatic heterocycles. The van der Waals surface area contributed by atoms with Crippen molar-refractivity contribution in [2.24, 2.45) is 0 Å². The molecule has 1 aromatic heterocycles. The molecule has 2 heterocycles. The number of nitrogens with zero attached hydrogens (tertiary/aromatic N) is 2. The van der Waals surface area contributed by atoms with Gasteiger partial charge in [-0.15, -0.1) is 0 Å². The summed E-state index contributed by atoms with van der Waals surface area (Å²) in [7, 11) is 0. The van der Waals surface area contributed by atoms with Crippen LogP contribution in [0, 0.1) is 10.1 Å². The van der Waals surface area contributed by atoms with Crippen LogP contribution in [0.1, 0.15) is 26.7 Å². The third-order valence-electron chi connectivity index (χ3n) is 2.96. The van der Waals surface area contributed by atoms with E-state index < -0.39 is 4.92 Å². The van der Waals surface area contributed by atoms with Gasteiger partial charge in [-0.05, 0) is 13.8 Å². The van der Waals surface area contributed by atoms with E-state index in [4.69, 9.17) is 15.2 Å². The molecule has 104 valence electrons. The summed E-state index contributed by atoms with van der Waals surface area (Å²) in [6.07, 6.45) is 1.60. The monoisotopic (exact) mass is 267 g/mol. The summed E-state index contributed by atoms with van der Waals surface area (Å²) in [6.45, 7) is 3.95. The van der Waals surface area contributed by atoms with E-state index in [0.29, 0.717) is 0 Å². The van der Waals surface area contributed by atoms with Gasteiger partial charge >= 0.3 is 0 Å². The van der Waals surface area contributed by atoms with Gasteiger partial charge in [-0.25, -0.2) is 0 Å². The summed E-state index contributed by atoms with van der Waals surface area (Å²) in [5.74, 6) is 0.273. The zero-order valence-electron chi connectivity index (χ0n) is 10.9. The Morgan fingerprint density at radius 1 is 1.42 bits per heavy atom. The first-order valence-corrected chi connectivity index (χ1v) is 6.18. The Hall–Kier alpha value is -1.89. The van der Waals surface area contributed by atoms with E-state index in [1.807, 2.05) is 13.8 Å². The van der Waals surface area contributed by atoms with Gasteiger partial charge < -0.3 is 15.2 Å². The normalized spacial score (nSPS) is 26.9. The second kappa shape index (κ2) is 5.40. The first-order valence-electron chi connectivity index (χ1n) is 6.18. The second-order valence-corrected chi connectivity index (χ2v) is 4.81. The van der Waals surface area contributed by atoms with E-state index in [9.17, 15) is 10.1 Å². The lowest BCUT2D eigenvalue weighted by Gasteiger charge is -2.31. The Labute approximate surface area is 110 Å². The Morgan fingerprint density at radius 3 is 2.63 bits per heavy atom. The SMILES string of the molecule is CC1CC(Oc2cc([N+](=O)[O-])cc(N)n2)CC(C)O1. The zero-order chi connectivity index (χ0) is 14.0. The number of hydrogen-bond acceptors (Lipinski definition) is 6. The minimum Gasteiger partial charge on any atom is -0.474 e. The Balaban J connectivity index is 2.12. The third-order valence-corrected chi connectivity index (χ3v) is 2.96. The lowest BCUT2D eigenvalue weighted by molar-refractivity contribution is -0.384. The van der Waals surface area contributed by atoms with Gasteiger partial charge in [0.15, 0.2) is 0 Å². The maximum Gasteiger partial charge on any atom is 0.278 e. The molecule has 7 heteroatoms. The molecule has 1 aromatic rings. The fourth-order valence-corrected chi connectivity index (χ4v) is 2.29. The number of hydrogen-bond donors (Lipinski definition) is 1. The fraction of sp³-hybridized carbons (Fsp3) is 0.583. The maximum absolute atomic E-state index is 10.7. The molecule has 0 spiro atoms. The fourth-order valence-electron chi connectivity index (χ4n) is 2.29. The Bertz CT molecular complexity index is 470. The number of nitrogen functional groups attached to an aromatic ring is 1. The first-order chi connectivity index (χ1) is 8.94. The van der Waals surface area contributed by atoms with Crippen LogP contribution in [-0.4, -0.2) is 28.2 Å². The Kier molecular flexibility index (Phi) is 3.84. The Morgan fingerprint density at radius 2 is 2.05 bits per heavy atom. The van der Waals surface area contributed by atoms with Crippen LogP contribution in [0.4, 0.5) is 11.5 Å². The minimum atomic E-state index is -0.514. The average Bonchev–Trinajstić information content (AvgIpc) is 2.26. The quantitative estimate of drug-likeness (QED) is 0.663. The van der Waals surface area contributed by atoms with Gasteiger partial charge in [-0.3, -0.25) is 10.1 Å². The van der Waals surface area contributed by atoms with E-state index in [0.717, 1.165) is 12.8 Å². The van der Waals surface area contributed by atoms with Gasteiger partial charge in [0.1, 0.15) is 11.9 Å². The van der Waals surface area contributed by atoms with Gasteiger partial charge in [0.2, 0.25) is 5.88 Å². The highest BCUT2D eigenvalue weighted by atomic mass is 16.6. The van der Waals surface area contributed by atoms with E-state index >= 15 is 0 Å². The van der Waals surface area contributed by atoms with Gasteiger partial charge in [0.25, 0.3) is 5.69 Å². The average molecular weight is 267 g/mol. The van der Waals surface area contributed by atoms with E-state index in [1.165, 1.54) is 12.1 Å². The number of aromatic nitrogens is 1. The molecule has 1 aliphatic rings. The molecule has 0 bridgehead atoms. The molecular formula is C12H17N3O4. The van der Waals surface area contributed by atoms with E-state index in [2.05, 4.69) is 4.98 Å². The predicted octanol–water partition coefficient (Wildman–Crippen LogP) is 1.91. The van der Waals surface area contributed by atoms with Crippen LogP contribution in [0.3, 0.4) is 0 Å². The molecule has 0 aliphatic carbocycles. The first kappa shape index (κ1) is 13.5. The van der Waals surface area contributed by atoms with Gasteiger partial charge in [-0.2, -0.15) is 4.98 Å². The van der Waals surface area contributed by atoms with Crippen LogP contribution in [-0.2, 0) is 4.74 Å². The second-order valence-electron chi connectivity index (χ2n) is 4.81. The topological polar surface area (TPSA) is 101 Å². The van der Waals surface area contributed by atoms with Crippen molar-refractivity contribution < 1.29 is 14.4 Å². The molecule has 0 aromatic carbocycles. The predicted molar refractivity (Wildman–Crippen MR) is 69.0 cm³/mol. The van der Waals surface area contributed by atoms with Crippen molar-refractivity contribution in [1.82, 2.24) is 4.98 Å². The summed E-state index contributed by atoms with van der Waals surface area (Å²) in [5, 5.41) is 10.7. The van der Waals surface area contributed by atoms with Gasteiger partial charge in [0.05, 0.1) is 29.3 Å². The third kappa shape index (κ3) is 3.54. The van der Waals surface area contributed by atoms with Crippen molar-refractivity contribution >= 4 is 11.5 Å². The molecule has 1 fully saturated rings. The molecule has 0 saturated carbocycles. The van der Waals surface area contributed by atoms with Crippen LogP contribution < -0.4 is 10.5 Å². The highest BCUT2D eigenvalue weighted by Crippen LogP contribution is 2.26. The standard InChI is InChI=1S/C12H17N3O4/c1-7-3-10(4-8(2)18-7)19-12-6-9(15(16)17)5-11(13)14-12/h5-8,10H,3-4H2,1-2H3,(H2,13,14). The number of rotatable bonds is 3. The molecule has 0 radical (unpaired) electrons. The molecule has 2 atom stereocenters. The molecule has 7 nitrogen and oxygen atoms in total. The summed E-state index contributed by atoms with van der Waals surface area (Å²) < 4.78 is 11.3. The number of ether oxygens (including phenoxy) is 2. The molecule has 2 N–H and O–H groups in total. The minimum absolute atomic E-state index is 0.0624. The van der Waals surface area contributed by atoms with Crippen LogP contribution in [0.25, 0.3) is 0 Å². The number of pyridine rings is 1. The number of nitro groups is 1. The maximum atomic E-state index is 10.7. The number of anilines is 1. The molecule has 0 amide bonds. The summed E-state index contributed by atoms with van der Waals surface area (Å²) in [6, 6.07) is 2.50. The van der Waals surface area contributed by atoms with E-state index in [1.54, 1.807) is 0 Å². The molecule has 2 rings (SSSR count). The van der Waals surface area contributed by atoms with Crippen molar-refractivity contribution in [3.63, 3.8) is 0 Å². The van der Waals surface area contributed by atoms with Crippen molar-refractivity contribution in [3.8, 4) is 5.88 Å². The molecule has 2 unspecified atom stereocenters. The van der Waals surface area contributed by atoms with Crippen molar-refractivity contribution in [1.29, 1.82) is 0 Å². The summed E-state index contributed by atoms with van der Waals surface area (Å²) in [4.78, 5) is 14.2. The molecular weight excluding hydrogens is 250 g/mol. The van der Waals surface area contributed by atoms with E-state index in [-0.39, 0.29) is 35.7 Å². The van der Waals surface area contributed by atoms with Crippen molar-refractivity contribution in [3.05, 3.63) is 22.2 Å². The zero-order valence-corrected chi connectivity index (χ0v) is 10.9. The lowest BCUT2D eigenvalue weighted by Crippen LogP contribution is -2.35. The van der Waals surface area contributed by atoms with Crippen molar-refractivity contribution in [2.45, 2.75) is 45.0 Å². The van der Waals surface area contributed by atoms with Crippen molar-refractivity contribution in [2.75, 3.05) is 5.73 Å².